The molecule has 12 unspecified atom stereocenters. The lowest BCUT2D eigenvalue weighted by molar-refractivity contribution is -0.141. The number of Topliss-reactive ketones (excluding diaryl/α,β-unsaturated/α-hetero) is 2. The zero-order valence-electron chi connectivity index (χ0n) is 78.4. The van der Waals surface area contributed by atoms with Crippen LogP contribution in [0.1, 0.15) is 376 Å². The molecular formula is C101H114I2N12O15. The third kappa shape index (κ3) is 16.7. The SMILES string of the molecule is COC(=O)CCC1c2nc(cc3[nH]c(cc4nc(cc5[nH]c(c2C(=O)C(=O)OC)c(C(=O)OC)c5C)C(C)C4C)c(C)c3C)C1C.COC(=O)CCC1c2nc(cc3[nH]c(cc4nc(cc5[nH]c6c(c5C)C(=O)C(C)(C)c26)C(C)C4C)c(C)c3C)C1C.COC(=O)CCC1c2nc(cc3nc(cc4[nH]c(cc5[nH]c6c2C(=O)OC(=O)c6c5C)C(C)C4C)C(C)=C3C)C1C.II. The van der Waals surface area contributed by atoms with Crippen molar-refractivity contribution in [1.82, 2.24) is 59.8 Å². The Labute approximate surface area is 778 Å². The highest BCUT2D eigenvalue weighted by Crippen LogP contribution is 2.52. The molecule has 6 N–H and O–H groups in total. The molecule has 0 radical (unpaired) electrons. The number of carbonyl (C=O) groups excluding carboxylic acids is 9. The van der Waals surface area contributed by atoms with Crippen molar-refractivity contribution in [2.45, 2.75) is 253 Å². The summed E-state index contributed by atoms with van der Waals surface area (Å²) < 4.78 is 30.2. The Morgan fingerprint density at radius 1 is 0.362 bits per heavy atom. The Kier molecular flexibility index (Phi) is 27.1. The summed E-state index contributed by atoms with van der Waals surface area (Å²) in [5.41, 5.74) is 29.3. The van der Waals surface area contributed by atoms with Crippen LogP contribution >= 0.6 is 37.2 Å². The van der Waals surface area contributed by atoms with Crippen molar-refractivity contribution < 1.29 is 71.6 Å². The number of aromatic amines is 6. The molecule has 0 saturated heterocycles. The molecule has 0 fully saturated rings. The number of ether oxygens (including phenoxy) is 6. The van der Waals surface area contributed by atoms with Gasteiger partial charge in [0.2, 0.25) is 0 Å². The van der Waals surface area contributed by atoms with Crippen LogP contribution in [0.4, 0.5) is 0 Å². The molecule has 29 heteroatoms. The fourth-order valence-electron chi connectivity index (χ4n) is 19.8. The predicted octanol–water partition coefficient (Wildman–Crippen LogP) is 21.7. The average molecular weight is 1990 g/mol. The van der Waals surface area contributed by atoms with Crippen molar-refractivity contribution in [3.63, 3.8) is 0 Å². The molecule has 0 aromatic carbocycles. The van der Waals surface area contributed by atoms with Crippen LogP contribution in [0.2, 0.25) is 0 Å². The van der Waals surface area contributed by atoms with E-state index in [1.54, 1.807) is 6.92 Å². The van der Waals surface area contributed by atoms with Gasteiger partial charge in [0.05, 0.1) is 103 Å². The minimum atomic E-state index is -1.12. The summed E-state index contributed by atoms with van der Waals surface area (Å²) in [6, 6.07) is 18.5. The number of ketones is 2. The third-order valence-corrected chi connectivity index (χ3v) is 29.4. The molecule has 12 atom stereocenters. The summed E-state index contributed by atoms with van der Waals surface area (Å²) in [5, 5.41) is 0. The number of aromatic nitrogens is 12. The van der Waals surface area contributed by atoms with E-state index in [2.05, 4.69) is 181 Å². The van der Waals surface area contributed by atoms with Gasteiger partial charge in [0.15, 0.2) is 5.78 Å². The van der Waals surface area contributed by atoms with E-state index in [-0.39, 0.29) is 130 Å². The van der Waals surface area contributed by atoms with Crippen LogP contribution in [0.25, 0.3) is 66.3 Å². The van der Waals surface area contributed by atoms with Crippen LogP contribution in [-0.4, -0.2) is 149 Å². The molecule has 17 rings (SSSR count). The number of nitrogens with zero attached hydrogens (tertiary/aromatic N) is 6. The van der Waals surface area contributed by atoms with Crippen molar-refractivity contribution in [2.24, 2.45) is 0 Å². The van der Waals surface area contributed by atoms with Gasteiger partial charge in [0.25, 0.3) is 5.78 Å². The maximum atomic E-state index is 14.0. The van der Waals surface area contributed by atoms with Crippen molar-refractivity contribution in [3.05, 3.63) is 207 Å². The number of nitrogens with one attached hydrogen (secondary N) is 6. The van der Waals surface area contributed by atoms with Crippen LogP contribution in [0.5, 0.6) is 0 Å². The van der Waals surface area contributed by atoms with Crippen LogP contribution in [0.3, 0.4) is 0 Å². The molecule has 1 aliphatic carbocycles. The van der Waals surface area contributed by atoms with Crippen molar-refractivity contribution in [2.75, 3.05) is 35.5 Å². The Morgan fingerprint density at radius 3 is 1.18 bits per heavy atom. The van der Waals surface area contributed by atoms with Crippen molar-refractivity contribution >= 4 is 157 Å². The first-order valence-electron chi connectivity index (χ1n) is 44.3. The summed E-state index contributed by atoms with van der Waals surface area (Å²) in [4.78, 5) is 169. The lowest BCUT2D eigenvalue weighted by Gasteiger charge is -2.23. The third-order valence-electron chi connectivity index (χ3n) is 29.4. The van der Waals surface area contributed by atoms with E-state index in [1.165, 1.54) is 39.6 Å². The summed E-state index contributed by atoms with van der Waals surface area (Å²) in [6.45, 7) is 41.3. The van der Waals surface area contributed by atoms with Gasteiger partial charge in [-0.3, -0.25) is 48.9 Å². The Hall–Kier alpha value is -11.4. The second-order valence-electron chi connectivity index (χ2n) is 36.6. The molecular weight excluding hydrogens is 1870 g/mol. The maximum absolute atomic E-state index is 14.0. The largest absolute Gasteiger partial charge is 0.469 e. The van der Waals surface area contributed by atoms with Crippen molar-refractivity contribution in [1.29, 1.82) is 0 Å². The van der Waals surface area contributed by atoms with Crippen LogP contribution in [0, 0.1) is 48.5 Å². The van der Waals surface area contributed by atoms with Gasteiger partial charge < -0.3 is 58.3 Å². The van der Waals surface area contributed by atoms with Crippen LogP contribution in [-0.2, 0) is 53.0 Å². The Morgan fingerprint density at radius 2 is 0.723 bits per heavy atom. The summed E-state index contributed by atoms with van der Waals surface area (Å²) in [6.07, 6.45) is 1.81. The number of esters is 7. The number of hydrogen-bond donors (Lipinski definition) is 6. The maximum Gasteiger partial charge on any atom is 0.379 e. The first-order chi connectivity index (χ1) is 61.7. The number of fused-ring (bicyclic) bond motifs is 24. The minimum Gasteiger partial charge on any atom is -0.469 e. The highest BCUT2D eigenvalue weighted by molar-refractivity contribution is 15.0. The molecule has 8 aliphatic heterocycles. The average Bonchev–Trinajstić information content (AvgIpc) is 1.55. The zero-order chi connectivity index (χ0) is 94.5. The first-order valence-corrected chi connectivity index (χ1v) is 50.6. The van der Waals surface area contributed by atoms with Crippen LogP contribution in [0.15, 0.2) is 54.6 Å². The molecule has 682 valence electrons. The standard InChI is InChI=1S/C35H40N4O7.C34H40N4O3.C32H34N4O5.I2/c1-15-17(3)24-13-26-19(5)21(10-11-28(40)44-7)31(38-26)30(33(41)35(43)46-9)32-29(34(42)45-8)20(6)27(39-32)14-25-18(4)16(2)23(37-25)12-22(15)36-24;1-15-17(3)24-13-26-19(5)21(10-11-28(39)41-9)31(37-26)30-32-29(33(40)34(30,7)8)20(6)27(38-32)14-25-18(4)16(2)23(36-25)12-22(15)35-24;1-13-15(3)22-11-24-17(5)19(8-9-26(37)40-7)29(35-24)28-30-27(31(38)41-32(28)39)18(6)25(36-30)12-23-16(4)14(2)21(34-23)10-20(13)33-22;1-2/h12-14,16,18-19,21,36,39H,10-11H2,1-9H3;12-14,16,18-19,21,35,38H,10-11H2,1-9H3;10-12,14,16-17,19,34,36H,8-9H2,1-7H3;. The predicted molar refractivity (Wildman–Crippen MR) is 516 cm³/mol. The number of aryl methyl sites for hydroxylation is 7. The van der Waals surface area contributed by atoms with E-state index in [0.29, 0.717) is 58.4 Å². The Balaban J connectivity index is 0.000000156. The molecule has 8 aromatic heterocycles. The molecule has 24 bridgehead atoms. The number of H-pyrrole nitrogens is 6. The molecule has 9 aliphatic rings. The highest BCUT2D eigenvalue weighted by atomic mass is 128. The Bertz CT molecular complexity index is 6770. The van der Waals surface area contributed by atoms with Gasteiger partial charge in [-0.25, -0.2) is 24.2 Å². The van der Waals surface area contributed by atoms with Gasteiger partial charge in [-0.1, -0.05) is 62.3 Å². The molecule has 0 spiro atoms. The number of allylic oxidation sites excluding steroid dienone is 2. The van der Waals surface area contributed by atoms with E-state index in [9.17, 15) is 43.2 Å². The van der Waals surface area contributed by atoms with Gasteiger partial charge in [-0.05, 0) is 200 Å². The van der Waals surface area contributed by atoms with Gasteiger partial charge in [0.1, 0.15) is 5.56 Å². The molecule has 27 nitrogen and oxygen atoms in total. The fourth-order valence-corrected chi connectivity index (χ4v) is 19.8. The number of carbonyl (C=O) groups is 9. The van der Waals surface area contributed by atoms with Crippen LogP contribution < -0.4 is 0 Å². The van der Waals surface area contributed by atoms with E-state index >= 15 is 0 Å². The summed E-state index contributed by atoms with van der Waals surface area (Å²) in [7, 11) is 6.48. The first kappa shape index (κ1) is 94.8. The van der Waals surface area contributed by atoms with Gasteiger partial charge in [-0.2, -0.15) is 0 Å². The number of methoxy groups -OCH3 is 5. The second kappa shape index (κ2) is 37.1. The van der Waals surface area contributed by atoms with E-state index in [1.807, 2.05) is 72.7 Å². The number of cyclic esters (lactones) is 2. The monoisotopic (exact) mass is 1990 g/mol. The highest BCUT2D eigenvalue weighted by Gasteiger charge is 2.48. The quantitative estimate of drug-likeness (QED) is 0.0165. The van der Waals surface area contributed by atoms with E-state index in [0.717, 1.165) is 147 Å². The molecule has 8 aromatic rings. The smallest absolute Gasteiger partial charge is 0.379 e. The molecule has 16 heterocycles. The van der Waals surface area contributed by atoms with Gasteiger partial charge in [0, 0.05) is 228 Å². The van der Waals surface area contributed by atoms with Crippen molar-refractivity contribution in [3.8, 4) is 0 Å². The normalized spacial score (nSPS) is 21.1. The van der Waals surface area contributed by atoms with E-state index in [4.69, 9.17) is 58.3 Å². The fraction of sp³-hybridized carbons (Fsp3) is 0.436. The number of halogens is 2. The topological polar surface area (TPSA) is 381 Å². The van der Waals surface area contributed by atoms with E-state index < -0.39 is 47.0 Å². The number of rotatable bonds is 12. The van der Waals surface area contributed by atoms with Gasteiger partial charge >= 0.3 is 41.8 Å². The summed E-state index contributed by atoms with van der Waals surface area (Å²) in [5.74, 6) is -5.12. The molecule has 130 heavy (non-hydrogen) atoms. The molecule has 0 saturated carbocycles. The lowest BCUT2D eigenvalue weighted by Crippen LogP contribution is -2.26. The zero-order valence-corrected chi connectivity index (χ0v) is 82.7. The second-order valence-corrected chi connectivity index (χ2v) is 36.6. The van der Waals surface area contributed by atoms with Gasteiger partial charge in [-0.15, -0.1) is 0 Å². The summed E-state index contributed by atoms with van der Waals surface area (Å²) >= 11 is 4.24. The number of hydrogen-bond acceptors (Lipinski definition) is 21. The molecule has 0 amide bonds. The lowest BCUT2D eigenvalue weighted by atomic mass is 9.78. The minimum absolute atomic E-state index is 0.0284.